The maximum absolute atomic E-state index is 10.9. The van der Waals surface area contributed by atoms with Crippen LogP contribution in [0.5, 0.6) is 0 Å². The van der Waals surface area contributed by atoms with Crippen molar-refractivity contribution in [1.82, 2.24) is 5.06 Å². The highest BCUT2D eigenvalue weighted by Gasteiger charge is 2.46. The van der Waals surface area contributed by atoms with Crippen molar-refractivity contribution in [1.29, 1.82) is 0 Å². The van der Waals surface area contributed by atoms with E-state index in [1.807, 2.05) is 0 Å². The monoisotopic (exact) mass is 145 g/mol. The van der Waals surface area contributed by atoms with Gasteiger partial charge in [0.1, 0.15) is 5.60 Å². The highest BCUT2D eigenvalue weighted by molar-refractivity contribution is 5.86. The van der Waals surface area contributed by atoms with Crippen LogP contribution in [0.15, 0.2) is 0 Å². The third kappa shape index (κ3) is 0.803. The molecule has 0 radical (unpaired) electrons. The maximum atomic E-state index is 10.9. The molecule has 2 unspecified atom stereocenters. The van der Waals surface area contributed by atoms with Gasteiger partial charge < -0.3 is 5.11 Å². The summed E-state index contributed by atoms with van der Waals surface area (Å²) in [6.45, 7) is 3.34. The Hall–Kier alpha value is -0.610. The largest absolute Gasteiger partial charge is 0.380 e. The van der Waals surface area contributed by atoms with Crippen LogP contribution < -0.4 is 0 Å². The molecule has 4 nitrogen and oxygen atoms in total. The van der Waals surface area contributed by atoms with Gasteiger partial charge in [-0.2, -0.15) is 0 Å². The van der Waals surface area contributed by atoms with Gasteiger partial charge in [0, 0.05) is 5.92 Å². The number of hydrogen-bond donors (Lipinski definition) is 2. The number of rotatable bonds is 0. The lowest BCUT2D eigenvalue weighted by molar-refractivity contribution is -0.168. The molecule has 2 atom stereocenters. The topological polar surface area (TPSA) is 60.8 Å². The number of nitrogens with zero attached hydrogens (tertiary/aromatic N) is 1. The Morgan fingerprint density at radius 3 is 2.40 bits per heavy atom. The molecule has 1 rings (SSSR count). The van der Waals surface area contributed by atoms with E-state index < -0.39 is 11.5 Å². The summed E-state index contributed by atoms with van der Waals surface area (Å²) in [5.74, 6) is -0.815. The molecule has 0 spiro atoms. The maximum Gasteiger partial charge on any atom is 0.277 e. The number of carbonyl (C=O) groups excluding carboxylic acids is 1. The van der Waals surface area contributed by atoms with Crippen LogP contribution in [0, 0.1) is 5.92 Å². The van der Waals surface area contributed by atoms with Gasteiger partial charge in [-0.25, -0.2) is 5.06 Å². The van der Waals surface area contributed by atoms with Crippen LogP contribution in [-0.4, -0.2) is 33.4 Å². The summed E-state index contributed by atoms with van der Waals surface area (Å²) in [7, 11) is 0. The highest BCUT2D eigenvalue weighted by Crippen LogP contribution is 2.26. The molecule has 0 aliphatic carbocycles. The fourth-order valence-electron chi connectivity index (χ4n) is 0.992. The molecule has 0 bridgehead atoms. The predicted molar refractivity (Wildman–Crippen MR) is 33.3 cm³/mol. The minimum Gasteiger partial charge on any atom is -0.380 e. The van der Waals surface area contributed by atoms with Gasteiger partial charge >= 0.3 is 0 Å². The number of aliphatic hydroxyl groups is 1. The van der Waals surface area contributed by atoms with Crippen molar-refractivity contribution in [2.45, 2.75) is 19.4 Å². The minimum absolute atomic E-state index is 0.204. The highest BCUT2D eigenvalue weighted by atomic mass is 16.5. The number of hydroxylamine groups is 2. The van der Waals surface area contributed by atoms with Crippen molar-refractivity contribution in [3.63, 3.8) is 0 Å². The van der Waals surface area contributed by atoms with Crippen molar-refractivity contribution in [3.05, 3.63) is 0 Å². The first kappa shape index (κ1) is 7.50. The lowest BCUT2D eigenvalue weighted by Crippen LogP contribution is -2.38. The summed E-state index contributed by atoms with van der Waals surface area (Å²) >= 11 is 0. The van der Waals surface area contributed by atoms with Crippen LogP contribution in [0.25, 0.3) is 0 Å². The number of carbonyl (C=O) groups is 1. The average molecular weight is 145 g/mol. The summed E-state index contributed by atoms with van der Waals surface area (Å²) < 4.78 is 0. The number of hydrogen-bond acceptors (Lipinski definition) is 3. The molecule has 1 aliphatic rings. The van der Waals surface area contributed by atoms with E-state index in [1.165, 1.54) is 6.92 Å². The zero-order valence-electron chi connectivity index (χ0n) is 6.03. The Kier molecular flexibility index (Phi) is 1.45. The average Bonchev–Trinajstić information content (AvgIpc) is 1.97. The second-order valence-corrected chi connectivity index (χ2v) is 2.94. The zero-order chi connectivity index (χ0) is 7.94. The third-order valence-corrected chi connectivity index (χ3v) is 2.07. The predicted octanol–water partition coefficient (Wildman–Crippen LogP) is -0.395. The Labute approximate surface area is 59.0 Å². The van der Waals surface area contributed by atoms with Crippen LogP contribution in [0.3, 0.4) is 0 Å². The molecule has 0 aromatic heterocycles. The van der Waals surface area contributed by atoms with Crippen molar-refractivity contribution >= 4 is 5.91 Å². The molecule has 1 saturated heterocycles. The van der Waals surface area contributed by atoms with Gasteiger partial charge in [-0.3, -0.25) is 10.0 Å². The van der Waals surface area contributed by atoms with E-state index >= 15 is 0 Å². The molecule has 0 aromatic carbocycles. The summed E-state index contributed by atoms with van der Waals surface area (Å²) in [6.07, 6.45) is 0. The quantitative estimate of drug-likeness (QED) is 0.456. The van der Waals surface area contributed by atoms with Gasteiger partial charge in [-0.05, 0) is 6.92 Å². The summed E-state index contributed by atoms with van der Waals surface area (Å²) in [5.41, 5.74) is -1.38. The Balaban J connectivity index is 2.85. The normalized spacial score (nSPS) is 41.0. The second-order valence-electron chi connectivity index (χ2n) is 2.94. The van der Waals surface area contributed by atoms with Gasteiger partial charge in [0.25, 0.3) is 5.91 Å². The van der Waals surface area contributed by atoms with Gasteiger partial charge in [-0.15, -0.1) is 0 Å². The fourth-order valence-corrected chi connectivity index (χ4v) is 0.992. The van der Waals surface area contributed by atoms with Gasteiger partial charge in [0.15, 0.2) is 0 Å². The van der Waals surface area contributed by atoms with Crippen molar-refractivity contribution in [3.8, 4) is 0 Å². The Morgan fingerprint density at radius 2 is 2.30 bits per heavy atom. The molecular weight excluding hydrogens is 134 g/mol. The molecule has 1 heterocycles. The van der Waals surface area contributed by atoms with Crippen molar-refractivity contribution in [2.75, 3.05) is 6.54 Å². The lowest BCUT2D eigenvalue weighted by Gasteiger charge is -2.16. The van der Waals surface area contributed by atoms with Crippen LogP contribution in [0.4, 0.5) is 0 Å². The van der Waals surface area contributed by atoms with E-state index in [9.17, 15) is 9.90 Å². The van der Waals surface area contributed by atoms with E-state index in [0.717, 1.165) is 0 Å². The Bertz CT molecular complexity index is 166. The van der Waals surface area contributed by atoms with Crippen LogP contribution in [0.1, 0.15) is 13.8 Å². The van der Waals surface area contributed by atoms with E-state index in [4.69, 9.17) is 5.21 Å². The van der Waals surface area contributed by atoms with Crippen LogP contribution >= 0.6 is 0 Å². The number of amides is 1. The molecule has 1 aliphatic heterocycles. The van der Waals surface area contributed by atoms with E-state index in [-0.39, 0.29) is 12.5 Å². The first-order chi connectivity index (χ1) is 4.46. The van der Waals surface area contributed by atoms with Crippen LogP contribution in [0.2, 0.25) is 0 Å². The van der Waals surface area contributed by atoms with E-state index in [2.05, 4.69) is 0 Å². The van der Waals surface area contributed by atoms with Crippen molar-refractivity contribution < 1.29 is 15.1 Å². The molecule has 1 amide bonds. The lowest BCUT2D eigenvalue weighted by atomic mass is 9.95. The third-order valence-electron chi connectivity index (χ3n) is 2.07. The second kappa shape index (κ2) is 1.93. The smallest absolute Gasteiger partial charge is 0.277 e. The zero-order valence-corrected chi connectivity index (χ0v) is 6.03. The van der Waals surface area contributed by atoms with Gasteiger partial charge in [-0.1, -0.05) is 6.92 Å². The molecule has 10 heavy (non-hydrogen) atoms. The standard InChI is InChI=1S/C6H11NO3/c1-4-3-7(10)5(8)6(4,2)9/h4,9-10H,3H2,1-2H3. The first-order valence-corrected chi connectivity index (χ1v) is 3.19. The van der Waals surface area contributed by atoms with Gasteiger partial charge in [0.05, 0.1) is 6.54 Å². The molecule has 2 N–H and O–H groups in total. The summed E-state index contributed by atoms with van der Waals surface area (Å²) in [6, 6.07) is 0. The Morgan fingerprint density at radius 1 is 1.80 bits per heavy atom. The van der Waals surface area contributed by atoms with Crippen molar-refractivity contribution in [2.24, 2.45) is 5.92 Å². The fraction of sp³-hybridized carbons (Fsp3) is 0.833. The van der Waals surface area contributed by atoms with Gasteiger partial charge in [0.2, 0.25) is 0 Å². The van der Waals surface area contributed by atoms with E-state index in [1.54, 1.807) is 6.92 Å². The molecule has 58 valence electrons. The molecule has 0 aromatic rings. The minimum atomic E-state index is -1.38. The first-order valence-electron chi connectivity index (χ1n) is 3.19. The molecule has 4 heteroatoms. The summed E-state index contributed by atoms with van der Waals surface area (Å²) in [5, 5.41) is 18.7. The molecule has 0 saturated carbocycles. The molecular formula is C6H11NO3. The van der Waals surface area contributed by atoms with Crippen LogP contribution in [-0.2, 0) is 4.79 Å². The van der Waals surface area contributed by atoms with E-state index in [0.29, 0.717) is 5.06 Å². The SMILES string of the molecule is CC1CN(O)C(=O)C1(C)O. The molecule has 1 fully saturated rings. The summed E-state index contributed by atoms with van der Waals surface area (Å²) in [4.78, 5) is 10.9.